The van der Waals surface area contributed by atoms with Gasteiger partial charge in [0.1, 0.15) is 6.07 Å². The molecule has 108 valence electrons. The summed E-state index contributed by atoms with van der Waals surface area (Å²) in [4.78, 5) is 0. The van der Waals surface area contributed by atoms with E-state index < -0.39 is 5.97 Å². The third-order valence-electron chi connectivity index (χ3n) is 2.93. The van der Waals surface area contributed by atoms with Crippen LogP contribution in [-0.4, -0.2) is 17.8 Å². The number of aliphatic hydroxyl groups is 1. The zero-order valence-electron chi connectivity index (χ0n) is 11.5. The highest BCUT2D eigenvalue weighted by atomic mass is 35.5. The van der Waals surface area contributed by atoms with Gasteiger partial charge in [0.25, 0.3) is 0 Å². The van der Waals surface area contributed by atoms with E-state index in [9.17, 15) is 5.11 Å². The van der Waals surface area contributed by atoms with Crippen molar-refractivity contribution in [1.29, 1.82) is 0 Å². The van der Waals surface area contributed by atoms with Crippen LogP contribution in [0.1, 0.15) is 44.6 Å². The Kier molecular flexibility index (Phi) is 8.07. The molecule has 0 aliphatic rings. The zero-order chi connectivity index (χ0) is 14.0. The summed E-state index contributed by atoms with van der Waals surface area (Å²) in [6, 6.07) is 8.90. The topological polar surface area (TPSA) is 38.7 Å². The minimum atomic E-state index is -1.74. The van der Waals surface area contributed by atoms with Crippen molar-refractivity contribution in [3.8, 4) is 0 Å². The third kappa shape index (κ3) is 5.91. The molecular formula is C15H23ClO3. The lowest BCUT2D eigenvalue weighted by Crippen LogP contribution is -2.33. The number of hydrogen-bond donors (Lipinski definition) is 1. The monoisotopic (exact) mass is 286 g/mol. The van der Waals surface area contributed by atoms with Crippen molar-refractivity contribution in [2.24, 2.45) is 0 Å². The number of benzene rings is 1. The Balaban J connectivity index is 2.44. The minimum Gasteiger partial charge on any atom is -0.339 e. The summed E-state index contributed by atoms with van der Waals surface area (Å²) in [7, 11) is 0. The number of hydrogen-bond acceptors (Lipinski definition) is 3. The van der Waals surface area contributed by atoms with Gasteiger partial charge in [0.05, 0.1) is 6.61 Å². The smallest absolute Gasteiger partial charge is 0.310 e. The Hall–Kier alpha value is -0.610. The van der Waals surface area contributed by atoms with Gasteiger partial charge in [-0.3, -0.25) is 0 Å². The summed E-state index contributed by atoms with van der Waals surface area (Å²) in [5, 5.41) is 10.4. The van der Waals surface area contributed by atoms with E-state index in [1.165, 1.54) is 19.3 Å². The van der Waals surface area contributed by atoms with E-state index in [0.717, 1.165) is 12.8 Å². The number of halogens is 1. The lowest BCUT2D eigenvalue weighted by molar-refractivity contribution is -0.366. The van der Waals surface area contributed by atoms with Gasteiger partial charge in [-0.2, -0.15) is 0 Å². The van der Waals surface area contributed by atoms with Gasteiger partial charge in [0, 0.05) is 5.56 Å². The molecule has 1 rings (SSSR count). The molecule has 1 unspecified atom stereocenters. The number of ether oxygens (including phenoxy) is 2. The molecule has 0 aliphatic carbocycles. The van der Waals surface area contributed by atoms with Crippen LogP contribution in [-0.2, 0) is 15.4 Å². The maximum atomic E-state index is 10.4. The van der Waals surface area contributed by atoms with Gasteiger partial charge in [-0.05, 0) is 6.42 Å². The van der Waals surface area contributed by atoms with Crippen LogP contribution in [0.5, 0.6) is 0 Å². The van der Waals surface area contributed by atoms with E-state index in [4.69, 9.17) is 21.1 Å². The van der Waals surface area contributed by atoms with Gasteiger partial charge in [-0.25, -0.2) is 0 Å². The summed E-state index contributed by atoms with van der Waals surface area (Å²) < 4.78 is 10.6. The first-order chi connectivity index (χ1) is 9.23. The molecule has 0 saturated heterocycles. The van der Waals surface area contributed by atoms with Gasteiger partial charge in [0.15, 0.2) is 0 Å². The van der Waals surface area contributed by atoms with Crippen LogP contribution < -0.4 is 0 Å². The van der Waals surface area contributed by atoms with E-state index in [0.29, 0.717) is 12.2 Å². The zero-order valence-corrected chi connectivity index (χ0v) is 12.2. The van der Waals surface area contributed by atoms with Crippen LogP contribution in [0.25, 0.3) is 0 Å². The molecule has 1 aromatic carbocycles. The van der Waals surface area contributed by atoms with Crippen LogP contribution >= 0.6 is 11.6 Å². The molecule has 0 saturated carbocycles. The highest BCUT2D eigenvalue weighted by Crippen LogP contribution is 2.25. The van der Waals surface area contributed by atoms with E-state index in [1.807, 2.05) is 18.2 Å². The number of alkyl halides is 1. The van der Waals surface area contributed by atoms with Crippen LogP contribution in [0, 0.1) is 0 Å². The quantitative estimate of drug-likeness (QED) is 0.401. The van der Waals surface area contributed by atoms with Crippen LogP contribution in [0.2, 0.25) is 0 Å². The molecule has 1 atom stereocenters. The first-order valence-electron chi connectivity index (χ1n) is 6.84. The van der Waals surface area contributed by atoms with Crippen molar-refractivity contribution in [2.75, 3.05) is 12.7 Å². The lowest BCUT2D eigenvalue weighted by atomic mass is 10.1. The van der Waals surface area contributed by atoms with Crippen LogP contribution in [0.3, 0.4) is 0 Å². The van der Waals surface area contributed by atoms with E-state index in [-0.39, 0.29) is 6.07 Å². The molecule has 0 spiro atoms. The maximum Gasteiger partial charge on any atom is 0.310 e. The predicted octanol–water partition coefficient (Wildman–Crippen LogP) is 3.99. The Bertz CT molecular complexity index is 331. The Morgan fingerprint density at radius 2 is 1.74 bits per heavy atom. The molecule has 1 aromatic rings. The minimum absolute atomic E-state index is 0.124. The molecule has 0 heterocycles. The van der Waals surface area contributed by atoms with Crippen LogP contribution in [0.4, 0.5) is 0 Å². The second kappa shape index (κ2) is 9.32. The largest absolute Gasteiger partial charge is 0.339 e. The van der Waals surface area contributed by atoms with Crippen molar-refractivity contribution in [3.63, 3.8) is 0 Å². The SMILES string of the molecule is CCCCCCCOC(O)(OCCl)c1ccccc1. The molecular weight excluding hydrogens is 264 g/mol. The fraction of sp³-hybridized carbons (Fsp3) is 0.600. The van der Waals surface area contributed by atoms with Gasteiger partial charge in [0.2, 0.25) is 0 Å². The second-order valence-electron chi connectivity index (χ2n) is 4.46. The van der Waals surface area contributed by atoms with Gasteiger partial charge in [-0.1, -0.05) is 74.5 Å². The van der Waals surface area contributed by atoms with E-state index in [2.05, 4.69) is 6.92 Å². The van der Waals surface area contributed by atoms with Gasteiger partial charge in [-0.15, -0.1) is 0 Å². The van der Waals surface area contributed by atoms with Crippen LogP contribution in [0.15, 0.2) is 30.3 Å². The molecule has 0 fully saturated rings. The Labute approximate surface area is 120 Å². The predicted molar refractivity (Wildman–Crippen MR) is 76.9 cm³/mol. The summed E-state index contributed by atoms with van der Waals surface area (Å²) >= 11 is 5.55. The summed E-state index contributed by atoms with van der Waals surface area (Å²) in [5.74, 6) is -1.74. The Morgan fingerprint density at radius 3 is 2.37 bits per heavy atom. The first kappa shape index (κ1) is 16.4. The molecule has 1 N–H and O–H groups in total. The third-order valence-corrected chi connectivity index (χ3v) is 3.04. The van der Waals surface area contributed by atoms with Gasteiger partial charge < -0.3 is 14.6 Å². The normalized spacial score (nSPS) is 14.3. The fourth-order valence-electron chi connectivity index (χ4n) is 1.85. The average Bonchev–Trinajstić information content (AvgIpc) is 2.44. The highest BCUT2D eigenvalue weighted by Gasteiger charge is 2.31. The molecule has 0 amide bonds. The van der Waals surface area contributed by atoms with Crippen molar-refractivity contribution in [3.05, 3.63) is 35.9 Å². The molecule has 0 aromatic heterocycles. The second-order valence-corrected chi connectivity index (χ2v) is 4.68. The summed E-state index contributed by atoms with van der Waals surface area (Å²) in [5.41, 5.74) is 0.559. The standard InChI is InChI=1S/C15H23ClO3/c1-2-3-4-5-9-12-18-15(17,19-13-16)14-10-7-6-8-11-14/h6-8,10-11,17H,2-5,9,12-13H2,1H3. The average molecular weight is 287 g/mol. The number of unbranched alkanes of at least 4 members (excludes halogenated alkanes) is 4. The van der Waals surface area contributed by atoms with E-state index in [1.54, 1.807) is 12.1 Å². The molecule has 0 bridgehead atoms. The summed E-state index contributed by atoms with van der Waals surface area (Å²) in [6.07, 6.45) is 5.64. The first-order valence-corrected chi connectivity index (χ1v) is 7.38. The Morgan fingerprint density at radius 1 is 1.05 bits per heavy atom. The van der Waals surface area contributed by atoms with E-state index >= 15 is 0 Å². The molecule has 3 nitrogen and oxygen atoms in total. The maximum absolute atomic E-state index is 10.4. The number of rotatable bonds is 10. The van der Waals surface area contributed by atoms with Gasteiger partial charge >= 0.3 is 5.97 Å². The molecule has 0 radical (unpaired) electrons. The summed E-state index contributed by atoms with van der Waals surface area (Å²) in [6.45, 7) is 2.63. The van der Waals surface area contributed by atoms with Crippen molar-refractivity contribution < 1.29 is 14.6 Å². The van der Waals surface area contributed by atoms with Crippen molar-refractivity contribution in [1.82, 2.24) is 0 Å². The molecule has 19 heavy (non-hydrogen) atoms. The van der Waals surface area contributed by atoms with Crippen molar-refractivity contribution in [2.45, 2.75) is 45.0 Å². The molecule has 4 heteroatoms. The molecule has 0 aliphatic heterocycles. The van der Waals surface area contributed by atoms with Crippen molar-refractivity contribution >= 4 is 11.6 Å². The fourth-order valence-corrected chi connectivity index (χ4v) is 2.00. The highest BCUT2D eigenvalue weighted by molar-refractivity contribution is 6.17. The lowest BCUT2D eigenvalue weighted by Gasteiger charge is -2.27.